The molecular formula is C39H43N7O4S. The number of anilines is 1. The lowest BCUT2D eigenvalue weighted by atomic mass is 9.85. The van der Waals surface area contributed by atoms with Crippen LogP contribution in [0.1, 0.15) is 32.8 Å². The molecule has 3 aromatic carbocycles. The van der Waals surface area contributed by atoms with E-state index in [1.807, 2.05) is 106 Å². The zero-order valence-electron chi connectivity index (χ0n) is 29.4. The lowest BCUT2D eigenvalue weighted by Gasteiger charge is -2.30. The highest BCUT2D eigenvalue weighted by atomic mass is 32.2. The Morgan fingerprint density at radius 1 is 0.941 bits per heavy atom. The number of rotatable bonds is 11. The van der Waals surface area contributed by atoms with Gasteiger partial charge in [0.2, 0.25) is 0 Å². The molecule has 11 nitrogen and oxygen atoms in total. The van der Waals surface area contributed by atoms with E-state index in [-0.39, 0.29) is 22.0 Å². The van der Waals surface area contributed by atoms with Crippen molar-refractivity contribution in [3.63, 3.8) is 0 Å². The van der Waals surface area contributed by atoms with Crippen molar-refractivity contribution in [2.45, 2.75) is 51.2 Å². The summed E-state index contributed by atoms with van der Waals surface area (Å²) in [6, 6.07) is 27.1. The first-order valence-corrected chi connectivity index (χ1v) is 18.1. The van der Waals surface area contributed by atoms with Crippen molar-refractivity contribution in [2.75, 3.05) is 19.8 Å². The van der Waals surface area contributed by atoms with Crippen LogP contribution in [0.5, 0.6) is 0 Å². The van der Waals surface area contributed by atoms with E-state index in [0.29, 0.717) is 35.4 Å². The molecule has 3 aromatic heterocycles. The van der Waals surface area contributed by atoms with Gasteiger partial charge in [0.05, 0.1) is 10.6 Å². The van der Waals surface area contributed by atoms with E-state index in [4.69, 9.17) is 10.8 Å². The molecule has 4 N–H and O–H groups in total. The molecule has 3 heterocycles. The molecule has 0 aliphatic carbocycles. The number of nitrogen functional groups attached to an aromatic ring is 1. The van der Waals surface area contributed by atoms with Crippen LogP contribution in [0.3, 0.4) is 0 Å². The highest BCUT2D eigenvalue weighted by molar-refractivity contribution is 7.90. The molecule has 12 heteroatoms. The Bertz CT molecular complexity index is 2270. The van der Waals surface area contributed by atoms with Gasteiger partial charge in [-0.05, 0) is 79.0 Å². The van der Waals surface area contributed by atoms with E-state index >= 15 is 0 Å². The molecule has 0 saturated heterocycles. The average Bonchev–Trinajstić information content (AvgIpc) is 3.69. The van der Waals surface area contributed by atoms with Gasteiger partial charge in [-0.3, -0.25) is 4.68 Å². The number of nitrogens with zero attached hydrogens (tertiary/aromatic N) is 5. The SMILES string of the molecule is CN(C)Cc1ccc(-c2cc3c(-c4cn(CCC(NC(=O)O)C(C)(C)C)nc4-c4ccc(N)cc4)ccnc3n2S(=O)(=O)c2ccccc2)cc1. The molecule has 1 unspecified atom stereocenters. The highest BCUT2D eigenvalue weighted by Crippen LogP contribution is 2.40. The quantitative estimate of drug-likeness (QED) is 0.120. The number of pyridine rings is 1. The first-order chi connectivity index (χ1) is 24.2. The lowest BCUT2D eigenvalue weighted by Crippen LogP contribution is -2.43. The van der Waals surface area contributed by atoms with Crippen molar-refractivity contribution in [1.29, 1.82) is 0 Å². The number of aryl methyl sites for hydroxylation is 1. The summed E-state index contributed by atoms with van der Waals surface area (Å²) in [5, 5.41) is 17.8. The zero-order chi connectivity index (χ0) is 36.5. The fourth-order valence-electron chi connectivity index (χ4n) is 6.32. The minimum Gasteiger partial charge on any atom is -0.465 e. The molecular weight excluding hydrogens is 663 g/mol. The van der Waals surface area contributed by atoms with Gasteiger partial charge >= 0.3 is 6.09 Å². The van der Waals surface area contributed by atoms with Gasteiger partial charge in [0.25, 0.3) is 10.0 Å². The van der Waals surface area contributed by atoms with E-state index < -0.39 is 16.1 Å². The van der Waals surface area contributed by atoms with Gasteiger partial charge in [0.15, 0.2) is 5.65 Å². The van der Waals surface area contributed by atoms with Gasteiger partial charge in [-0.2, -0.15) is 5.10 Å². The molecule has 264 valence electrons. The third-order valence-corrected chi connectivity index (χ3v) is 10.6. The van der Waals surface area contributed by atoms with Gasteiger partial charge in [-0.1, -0.05) is 75.4 Å². The third-order valence-electron chi connectivity index (χ3n) is 8.92. The van der Waals surface area contributed by atoms with Gasteiger partial charge in [-0.15, -0.1) is 0 Å². The third kappa shape index (κ3) is 7.52. The van der Waals surface area contributed by atoms with E-state index in [2.05, 4.69) is 15.2 Å². The summed E-state index contributed by atoms with van der Waals surface area (Å²) in [7, 11) is -0.0727. The molecule has 0 fully saturated rings. The van der Waals surface area contributed by atoms with Crippen LogP contribution in [0.2, 0.25) is 0 Å². The summed E-state index contributed by atoms with van der Waals surface area (Å²) in [6.07, 6.45) is 2.98. The Morgan fingerprint density at radius 3 is 2.24 bits per heavy atom. The van der Waals surface area contributed by atoms with Crippen LogP contribution >= 0.6 is 0 Å². The van der Waals surface area contributed by atoms with E-state index in [1.165, 1.54) is 3.97 Å². The van der Waals surface area contributed by atoms with Crippen molar-refractivity contribution >= 4 is 32.8 Å². The number of carbonyl (C=O) groups is 1. The minimum absolute atomic E-state index is 0.152. The molecule has 0 bridgehead atoms. The number of nitrogens with one attached hydrogen (secondary N) is 1. The van der Waals surface area contributed by atoms with Gasteiger partial charge < -0.3 is 21.1 Å². The normalized spacial score (nSPS) is 12.7. The molecule has 0 spiro atoms. The average molecular weight is 706 g/mol. The largest absolute Gasteiger partial charge is 0.465 e. The van der Waals surface area contributed by atoms with Crippen LogP contribution in [0, 0.1) is 5.41 Å². The maximum absolute atomic E-state index is 14.4. The molecule has 51 heavy (non-hydrogen) atoms. The maximum Gasteiger partial charge on any atom is 0.404 e. The lowest BCUT2D eigenvalue weighted by molar-refractivity contribution is 0.170. The number of aromatic nitrogens is 4. The molecule has 6 rings (SSSR count). The van der Waals surface area contributed by atoms with Crippen molar-refractivity contribution in [3.8, 4) is 33.6 Å². The Balaban J connectivity index is 1.55. The fraction of sp³-hybridized carbons (Fsp3) is 0.256. The smallest absolute Gasteiger partial charge is 0.404 e. The number of hydrogen-bond donors (Lipinski definition) is 3. The summed E-state index contributed by atoms with van der Waals surface area (Å²) in [4.78, 5) is 18.5. The second-order valence-electron chi connectivity index (χ2n) is 14.1. The molecule has 0 saturated carbocycles. The number of hydrogen-bond acceptors (Lipinski definition) is 7. The van der Waals surface area contributed by atoms with Gasteiger partial charge in [0.1, 0.15) is 5.69 Å². The number of carboxylic acid groups (broad SMARTS) is 1. The summed E-state index contributed by atoms with van der Waals surface area (Å²) in [5.74, 6) is 0. The summed E-state index contributed by atoms with van der Waals surface area (Å²) >= 11 is 0. The summed E-state index contributed by atoms with van der Waals surface area (Å²) in [5.41, 5.74) is 12.0. The van der Waals surface area contributed by atoms with Crippen LogP contribution in [-0.2, 0) is 23.1 Å². The zero-order valence-corrected chi connectivity index (χ0v) is 30.2. The molecule has 0 radical (unpaired) electrons. The van der Waals surface area contributed by atoms with Crippen molar-refractivity contribution < 1.29 is 18.3 Å². The number of nitrogens with two attached hydrogens (primary N) is 1. The van der Waals surface area contributed by atoms with Crippen LogP contribution in [-0.4, -0.2) is 63.4 Å². The highest BCUT2D eigenvalue weighted by Gasteiger charge is 2.29. The Hall–Kier alpha value is -5.46. The van der Waals surface area contributed by atoms with Crippen molar-refractivity contribution in [1.82, 2.24) is 29.0 Å². The first kappa shape index (κ1) is 35.4. The van der Waals surface area contributed by atoms with Gasteiger partial charge in [-0.25, -0.2) is 22.2 Å². The van der Waals surface area contributed by atoms with Crippen LogP contribution < -0.4 is 11.1 Å². The van der Waals surface area contributed by atoms with Crippen LogP contribution in [0.25, 0.3) is 44.7 Å². The summed E-state index contributed by atoms with van der Waals surface area (Å²) < 4.78 is 32.0. The predicted octanol–water partition coefficient (Wildman–Crippen LogP) is 7.19. The second kappa shape index (κ2) is 14.0. The minimum atomic E-state index is -4.08. The van der Waals surface area contributed by atoms with Crippen LogP contribution in [0.4, 0.5) is 10.5 Å². The molecule has 1 atom stereocenters. The number of fused-ring (bicyclic) bond motifs is 1. The Kier molecular flexibility index (Phi) is 9.74. The number of amides is 1. The Morgan fingerprint density at radius 2 is 1.61 bits per heavy atom. The topological polar surface area (TPSA) is 148 Å². The fourth-order valence-corrected chi connectivity index (χ4v) is 7.82. The number of benzene rings is 3. The van der Waals surface area contributed by atoms with E-state index in [9.17, 15) is 18.3 Å². The van der Waals surface area contributed by atoms with Gasteiger partial charge in [0, 0.05) is 53.7 Å². The Labute approximate surface area is 298 Å². The predicted molar refractivity (Wildman–Crippen MR) is 202 cm³/mol. The summed E-state index contributed by atoms with van der Waals surface area (Å²) in [6.45, 7) is 7.18. The van der Waals surface area contributed by atoms with E-state index in [0.717, 1.165) is 34.4 Å². The standard InChI is InChI=1S/C39H43N7O4S/c1-39(2,3)35(42-38(47)48)20-22-45-25-33(36(43-45)28-15-17-29(40)18-16-28)31-19-21-41-37-32(31)23-34(27-13-11-26(12-14-27)24-44(4)5)46(37)51(49,50)30-9-7-6-8-10-30/h6-19,21,23,25,35,42H,20,22,24,40H2,1-5H3,(H,47,48). The van der Waals surface area contributed by atoms with Crippen molar-refractivity contribution in [3.05, 3.63) is 109 Å². The molecule has 0 aliphatic rings. The molecule has 1 amide bonds. The van der Waals surface area contributed by atoms with Crippen LogP contribution in [0.15, 0.2) is 108 Å². The maximum atomic E-state index is 14.4. The molecule has 0 aliphatic heterocycles. The van der Waals surface area contributed by atoms with Crippen molar-refractivity contribution in [2.24, 2.45) is 5.41 Å². The first-order valence-electron chi connectivity index (χ1n) is 16.7. The molecule has 6 aromatic rings. The van der Waals surface area contributed by atoms with E-state index in [1.54, 1.807) is 36.5 Å². The second-order valence-corrected chi connectivity index (χ2v) is 15.9. The monoisotopic (exact) mass is 705 g/mol.